The summed E-state index contributed by atoms with van der Waals surface area (Å²) in [6.45, 7) is 4.78. The lowest BCUT2D eigenvalue weighted by Gasteiger charge is -2.20. The van der Waals surface area contributed by atoms with E-state index in [1.165, 1.54) is 5.69 Å². The molecule has 2 rings (SSSR count). The highest BCUT2D eigenvalue weighted by atomic mass is 16.3. The Kier molecular flexibility index (Phi) is 4.64. The Morgan fingerprint density at radius 2 is 2.42 bits per heavy atom. The first-order valence-corrected chi connectivity index (χ1v) is 7.27. The summed E-state index contributed by atoms with van der Waals surface area (Å²) in [6, 6.07) is 2.24. The lowest BCUT2D eigenvalue weighted by atomic mass is 9.95. The van der Waals surface area contributed by atoms with Crippen molar-refractivity contribution in [3.63, 3.8) is 0 Å². The zero-order valence-electron chi connectivity index (χ0n) is 11.9. The number of amides is 1. The van der Waals surface area contributed by atoms with Gasteiger partial charge in [-0.3, -0.25) is 4.79 Å². The van der Waals surface area contributed by atoms with Crippen molar-refractivity contribution in [2.45, 2.75) is 64.6 Å². The molecule has 1 heterocycles. The van der Waals surface area contributed by atoms with Gasteiger partial charge >= 0.3 is 0 Å². The molecule has 1 amide bonds. The highest BCUT2D eigenvalue weighted by Gasteiger charge is 2.21. The van der Waals surface area contributed by atoms with Gasteiger partial charge in [-0.2, -0.15) is 0 Å². The third-order valence-corrected chi connectivity index (χ3v) is 3.96. The van der Waals surface area contributed by atoms with E-state index in [0.717, 1.165) is 31.2 Å². The Hall–Kier alpha value is -1.29. The quantitative estimate of drug-likeness (QED) is 0.856. The molecule has 0 fully saturated rings. The molecule has 2 N–H and O–H groups in total. The van der Waals surface area contributed by atoms with E-state index in [1.807, 2.05) is 19.2 Å². The largest absolute Gasteiger partial charge is 0.388 e. The molecule has 4 nitrogen and oxygen atoms in total. The highest BCUT2D eigenvalue weighted by molar-refractivity contribution is 5.76. The summed E-state index contributed by atoms with van der Waals surface area (Å²) in [5, 5.41) is 12.9. The van der Waals surface area contributed by atoms with Gasteiger partial charge in [0.1, 0.15) is 0 Å². The molecule has 0 radical (unpaired) electrons. The SMILES string of the molecule is CCC(C)NC(=O)CCn1ccc2c1CCCC2O. The zero-order valence-corrected chi connectivity index (χ0v) is 11.9. The van der Waals surface area contributed by atoms with E-state index in [0.29, 0.717) is 13.0 Å². The number of rotatable bonds is 5. The van der Waals surface area contributed by atoms with Crippen molar-refractivity contribution in [3.8, 4) is 0 Å². The molecule has 0 spiro atoms. The van der Waals surface area contributed by atoms with Crippen LogP contribution in [0.2, 0.25) is 0 Å². The van der Waals surface area contributed by atoms with Crippen molar-refractivity contribution in [3.05, 3.63) is 23.5 Å². The molecule has 0 aliphatic heterocycles. The van der Waals surface area contributed by atoms with E-state index in [1.54, 1.807) is 0 Å². The number of carbonyl (C=O) groups excluding carboxylic acids is 1. The molecule has 2 unspecified atom stereocenters. The van der Waals surface area contributed by atoms with E-state index >= 15 is 0 Å². The van der Waals surface area contributed by atoms with Crippen molar-refractivity contribution in [1.82, 2.24) is 9.88 Å². The molecule has 1 aromatic rings. The average molecular weight is 264 g/mol. The number of hydrogen-bond acceptors (Lipinski definition) is 2. The number of fused-ring (bicyclic) bond motifs is 1. The standard InChI is InChI=1S/C15H24N2O2/c1-3-11(2)16-15(19)8-10-17-9-7-12-13(17)5-4-6-14(12)18/h7,9,11,14,18H,3-6,8,10H2,1-2H3,(H,16,19). The van der Waals surface area contributed by atoms with Crippen LogP contribution in [0.25, 0.3) is 0 Å². The summed E-state index contributed by atoms with van der Waals surface area (Å²) >= 11 is 0. The summed E-state index contributed by atoms with van der Waals surface area (Å²) in [7, 11) is 0. The Morgan fingerprint density at radius 1 is 1.63 bits per heavy atom. The van der Waals surface area contributed by atoms with Crippen LogP contribution < -0.4 is 5.32 Å². The van der Waals surface area contributed by atoms with Crippen molar-refractivity contribution in [1.29, 1.82) is 0 Å². The van der Waals surface area contributed by atoms with Gasteiger partial charge in [0.05, 0.1) is 6.10 Å². The molecule has 2 atom stereocenters. The second-order valence-electron chi connectivity index (χ2n) is 5.45. The molecule has 4 heteroatoms. The number of aliphatic hydroxyl groups is 1. The molecule has 0 aromatic carbocycles. The van der Waals surface area contributed by atoms with Gasteiger partial charge in [-0.15, -0.1) is 0 Å². The smallest absolute Gasteiger partial charge is 0.221 e. The van der Waals surface area contributed by atoms with Gasteiger partial charge in [-0.1, -0.05) is 6.92 Å². The number of hydrogen-bond donors (Lipinski definition) is 2. The Bertz CT molecular complexity index is 439. The van der Waals surface area contributed by atoms with Gasteiger partial charge < -0.3 is 15.0 Å². The monoisotopic (exact) mass is 264 g/mol. The number of aryl methyl sites for hydroxylation is 1. The molecule has 106 valence electrons. The summed E-state index contributed by atoms with van der Waals surface area (Å²) < 4.78 is 2.12. The molecule has 1 aromatic heterocycles. The number of nitrogens with one attached hydrogen (secondary N) is 1. The van der Waals surface area contributed by atoms with Gasteiger partial charge in [-0.25, -0.2) is 0 Å². The van der Waals surface area contributed by atoms with Crippen molar-refractivity contribution in [2.24, 2.45) is 0 Å². The number of carbonyl (C=O) groups is 1. The average Bonchev–Trinajstić information content (AvgIpc) is 2.81. The maximum absolute atomic E-state index is 11.8. The molecule has 19 heavy (non-hydrogen) atoms. The Morgan fingerprint density at radius 3 is 3.16 bits per heavy atom. The first-order valence-electron chi connectivity index (χ1n) is 7.27. The molecule has 0 saturated heterocycles. The van der Waals surface area contributed by atoms with Gasteiger partial charge in [0.2, 0.25) is 5.91 Å². The third-order valence-electron chi connectivity index (χ3n) is 3.96. The van der Waals surface area contributed by atoms with Gasteiger partial charge in [-0.05, 0) is 38.7 Å². The summed E-state index contributed by atoms with van der Waals surface area (Å²) in [5.74, 6) is 0.105. The summed E-state index contributed by atoms with van der Waals surface area (Å²) in [5.41, 5.74) is 2.25. The Balaban J connectivity index is 1.92. The van der Waals surface area contributed by atoms with Crippen LogP contribution in [0, 0.1) is 0 Å². The maximum Gasteiger partial charge on any atom is 0.221 e. The maximum atomic E-state index is 11.8. The van der Waals surface area contributed by atoms with Crippen LogP contribution in [-0.4, -0.2) is 21.6 Å². The van der Waals surface area contributed by atoms with Crippen LogP contribution in [0.3, 0.4) is 0 Å². The van der Waals surface area contributed by atoms with Gasteiger partial charge in [0.15, 0.2) is 0 Å². The lowest BCUT2D eigenvalue weighted by Crippen LogP contribution is -2.32. The van der Waals surface area contributed by atoms with E-state index in [4.69, 9.17) is 0 Å². The van der Waals surface area contributed by atoms with Crippen LogP contribution >= 0.6 is 0 Å². The molecule has 0 saturated carbocycles. The first kappa shape index (κ1) is 14.1. The van der Waals surface area contributed by atoms with Crippen molar-refractivity contribution in [2.75, 3.05) is 0 Å². The van der Waals surface area contributed by atoms with E-state index in [2.05, 4.69) is 16.8 Å². The first-order chi connectivity index (χ1) is 9.11. The molecular formula is C15H24N2O2. The second kappa shape index (κ2) is 6.24. The van der Waals surface area contributed by atoms with Gasteiger partial charge in [0.25, 0.3) is 0 Å². The minimum atomic E-state index is -0.320. The van der Waals surface area contributed by atoms with Crippen LogP contribution in [0.4, 0.5) is 0 Å². The van der Waals surface area contributed by atoms with E-state index in [9.17, 15) is 9.90 Å². The molecular weight excluding hydrogens is 240 g/mol. The number of aliphatic hydroxyl groups excluding tert-OH is 1. The predicted octanol–water partition coefficient (Wildman–Crippen LogP) is 2.16. The summed E-state index contributed by atoms with van der Waals surface area (Å²) in [4.78, 5) is 11.8. The fourth-order valence-corrected chi connectivity index (χ4v) is 2.61. The van der Waals surface area contributed by atoms with Crippen LogP contribution in [-0.2, 0) is 17.8 Å². The molecule has 0 bridgehead atoms. The van der Waals surface area contributed by atoms with Crippen LogP contribution in [0.1, 0.15) is 56.9 Å². The minimum Gasteiger partial charge on any atom is -0.388 e. The molecule has 1 aliphatic carbocycles. The van der Waals surface area contributed by atoms with Crippen LogP contribution in [0.5, 0.6) is 0 Å². The highest BCUT2D eigenvalue weighted by Crippen LogP contribution is 2.30. The van der Waals surface area contributed by atoms with Gasteiger partial charge in [0, 0.05) is 36.5 Å². The van der Waals surface area contributed by atoms with E-state index in [-0.39, 0.29) is 18.1 Å². The van der Waals surface area contributed by atoms with Crippen LogP contribution in [0.15, 0.2) is 12.3 Å². The molecule has 1 aliphatic rings. The Labute approximate surface area is 114 Å². The number of nitrogens with zero attached hydrogens (tertiary/aromatic N) is 1. The van der Waals surface area contributed by atoms with E-state index < -0.39 is 0 Å². The fraction of sp³-hybridized carbons (Fsp3) is 0.667. The van der Waals surface area contributed by atoms with Crippen molar-refractivity contribution >= 4 is 5.91 Å². The van der Waals surface area contributed by atoms with Crippen molar-refractivity contribution < 1.29 is 9.90 Å². The topological polar surface area (TPSA) is 54.3 Å². The normalized spacial score (nSPS) is 19.8. The lowest BCUT2D eigenvalue weighted by molar-refractivity contribution is -0.121. The predicted molar refractivity (Wildman–Crippen MR) is 74.8 cm³/mol. The minimum absolute atomic E-state index is 0.105. The second-order valence-corrected chi connectivity index (χ2v) is 5.45. The number of aromatic nitrogens is 1. The third kappa shape index (κ3) is 3.38. The summed E-state index contributed by atoms with van der Waals surface area (Å²) in [6.07, 6.45) is 6.02. The zero-order chi connectivity index (χ0) is 13.8. The fourth-order valence-electron chi connectivity index (χ4n) is 2.61.